The molecule has 5 heteroatoms. The van der Waals surface area contributed by atoms with Crippen molar-refractivity contribution >= 4 is 17.3 Å². The van der Waals surface area contributed by atoms with Gasteiger partial charge in [0.1, 0.15) is 0 Å². The molecule has 0 aliphatic heterocycles. The molecule has 0 bridgehead atoms. The Kier molecular flexibility index (Phi) is 4.95. The summed E-state index contributed by atoms with van der Waals surface area (Å²) in [5, 5.41) is 14.2. The van der Waals surface area contributed by atoms with E-state index in [1.54, 1.807) is 0 Å². The van der Waals surface area contributed by atoms with Crippen LogP contribution in [0.3, 0.4) is 0 Å². The monoisotopic (exact) mass is 252 g/mol. The summed E-state index contributed by atoms with van der Waals surface area (Å²) >= 11 is 5.96. The van der Waals surface area contributed by atoms with Gasteiger partial charge in [-0.15, -0.1) is 6.42 Å². The molecule has 1 N–H and O–H groups in total. The van der Waals surface area contributed by atoms with Crippen LogP contribution in [-0.4, -0.2) is 11.0 Å². The zero-order valence-corrected chi connectivity index (χ0v) is 10.2. The van der Waals surface area contributed by atoms with Crippen molar-refractivity contribution < 1.29 is 4.92 Å². The van der Waals surface area contributed by atoms with Crippen LogP contribution in [0.5, 0.6) is 0 Å². The van der Waals surface area contributed by atoms with Gasteiger partial charge >= 0.3 is 0 Å². The van der Waals surface area contributed by atoms with E-state index in [2.05, 4.69) is 11.2 Å². The van der Waals surface area contributed by atoms with E-state index in [-0.39, 0.29) is 11.7 Å². The maximum absolute atomic E-state index is 10.6. The first-order valence-corrected chi connectivity index (χ1v) is 5.58. The number of hydrogen-bond acceptors (Lipinski definition) is 3. The van der Waals surface area contributed by atoms with Gasteiger partial charge in [-0.1, -0.05) is 24.4 Å². The SMILES string of the molecule is C#CC(CC)NCc1cc([N+](=O)[O-])ccc1Cl. The molecule has 0 fully saturated rings. The predicted molar refractivity (Wildman–Crippen MR) is 67.9 cm³/mol. The van der Waals surface area contributed by atoms with Crippen molar-refractivity contribution in [2.75, 3.05) is 0 Å². The van der Waals surface area contributed by atoms with Gasteiger partial charge < -0.3 is 0 Å². The molecule has 0 saturated heterocycles. The summed E-state index contributed by atoms with van der Waals surface area (Å²) in [6.07, 6.45) is 6.10. The van der Waals surface area contributed by atoms with Crippen LogP contribution in [-0.2, 0) is 6.54 Å². The Morgan fingerprint density at radius 2 is 2.35 bits per heavy atom. The lowest BCUT2D eigenvalue weighted by atomic mass is 10.1. The summed E-state index contributed by atoms with van der Waals surface area (Å²) < 4.78 is 0. The Labute approximate surface area is 105 Å². The fourth-order valence-corrected chi connectivity index (χ4v) is 1.55. The predicted octanol–water partition coefficient (Wildman–Crippen LogP) is 2.75. The van der Waals surface area contributed by atoms with Gasteiger partial charge in [0, 0.05) is 23.7 Å². The van der Waals surface area contributed by atoms with E-state index in [9.17, 15) is 10.1 Å². The highest BCUT2D eigenvalue weighted by Crippen LogP contribution is 2.21. The van der Waals surface area contributed by atoms with Gasteiger partial charge in [0.2, 0.25) is 0 Å². The van der Waals surface area contributed by atoms with Crippen LogP contribution < -0.4 is 5.32 Å². The molecule has 0 radical (unpaired) electrons. The van der Waals surface area contributed by atoms with Gasteiger partial charge in [-0.2, -0.15) is 0 Å². The maximum atomic E-state index is 10.6. The third-order valence-electron chi connectivity index (χ3n) is 2.39. The summed E-state index contributed by atoms with van der Waals surface area (Å²) in [6, 6.07) is 4.31. The highest BCUT2D eigenvalue weighted by Gasteiger charge is 2.10. The minimum Gasteiger partial charge on any atom is -0.300 e. The first-order chi connectivity index (χ1) is 8.08. The lowest BCUT2D eigenvalue weighted by molar-refractivity contribution is -0.384. The first-order valence-electron chi connectivity index (χ1n) is 5.20. The summed E-state index contributed by atoms with van der Waals surface area (Å²) in [5.41, 5.74) is 0.703. The topological polar surface area (TPSA) is 55.2 Å². The molecule has 1 aromatic carbocycles. The van der Waals surface area contributed by atoms with Crippen molar-refractivity contribution in [1.29, 1.82) is 0 Å². The molecule has 1 atom stereocenters. The van der Waals surface area contributed by atoms with Crippen molar-refractivity contribution in [2.24, 2.45) is 0 Å². The van der Waals surface area contributed by atoms with Crippen LogP contribution in [0.25, 0.3) is 0 Å². The lowest BCUT2D eigenvalue weighted by Crippen LogP contribution is -2.26. The van der Waals surface area contributed by atoms with Crippen LogP contribution in [0.1, 0.15) is 18.9 Å². The number of hydrogen-bond donors (Lipinski definition) is 1. The molecule has 17 heavy (non-hydrogen) atoms. The van der Waals surface area contributed by atoms with Crippen molar-refractivity contribution in [1.82, 2.24) is 5.32 Å². The second kappa shape index (κ2) is 6.24. The fraction of sp³-hybridized carbons (Fsp3) is 0.333. The second-order valence-electron chi connectivity index (χ2n) is 3.54. The zero-order valence-electron chi connectivity index (χ0n) is 9.44. The first kappa shape index (κ1) is 13.5. The molecule has 0 aliphatic carbocycles. The molecule has 1 rings (SSSR count). The molecule has 0 saturated carbocycles. The number of halogens is 1. The van der Waals surface area contributed by atoms with E-state index in [4.69, 9.17) is 18.0 Å². The summed E-state index contributed by atoms with van der Waals surface area (Å²) in [5.74, 6) is 2.59. The van der Waals surface area contributed by atoms with Crippen molar-refractivity contribution in [2.45, 2.75) is 25.9 Å². The van der Waals surface area contributed by atoms with Gasteiger partial charge in [-0.3, -0.25) is 15.4 Å². The highest BCUT2D eigenvalue weighted by molar-refractivity contribution is 6.31. The Morgan fingerprint density at radius 3 is 2.88 bits per heavy atom. The van der Waals surface area contributed by atoms with E-state index < -0.39 is 4.92 Å². The average molecular weight is 253 g/mol. The standard InChI is InChI=1S/C12H13ClN2O2/c1-3-10(4-2)14-8-9-7-11(15(16)17)5-6-12(9)13/h1,5-7,10,14H,4,8H2,2H3. The molecule has 0 amide bonds. The number of rotatable bonds is 5. The van der Waals surface area contributed by atoms with Gasteiger partial charge in [0.05, 0.1) is 11.0 Å². The van der Waals surface area contributed by atoms with Crippen LogP contribution in [0.2, 0.25) is 5.02 Å². The van der Waals surface area contributed by atoms with Crippen LogP contribution in [0, 0.1) is 22.5 Å². The van der Waals surface area contributed by atoms with Crippen molar-refractivity contribution in [3.63, 3.8) is 0 Å². The smallest absolute Gasteiger partial charge is 0.269 e. The van der Waals surface area contributed by atoms with Gasteiger partial charge in [0.15, 0.2) is 0 Å². The van der Waals surface area contributed by atoms with E-state index in [0.717, 1.165) is 6.42 Å². The second-order valence-corrected chi connectivity index (χ2v) is 3.95. The molecule has 1 aromatic rings. The minimum absolute atomic E-state index is 0.0277. The molecule has 1 unspecified atom stereocenters. The molecule has 0 aromatic heterocycles. The largest absolute Gasteiger partial charge is 0.300 e. The number of nitrogens with one attached hydrogen (secondary N) is 1. The molecule has 0 heterocycles. The Morgan fingerprint density at radius 1 is 1.65 bits per heavy atom. The van der Waals surface area contributed by atoms with E-state index in [1.807, 2.05) is 6.92 Å². The maximum Gasteiger partial charge on any atom is 0.269 e. The van der Waals surface area contributed by atoms with Gasteiger partial charge in [-0.25, -0.2) is 0 Å². The Bertz CT molecular complexity index is 454. The molecule has 0 spiro atoms. The third kappa shape index (κ3) is 3.74. The number of nitrogens with zero attached hydrogens (tertiary/aromatic N) is 1. The highest BCUT2D eigenvalue weighted by atomic mass is 35.5. The fourth-order valence-electron chi connectivity index (χ4n) is 1.36. The molecule has 90 valence electrons. The number of benzene rings is 1. The number of nitro benzene ring substituents is 1. The Hall–Kier alpha value is -1.57. The third-order valence-corrected chi connectivity index (χ3v) is 2.76. The minimum atomic E-state index is -0.446. The van der Waals surface area contributed by atoms with Crippen molar-refractivity contribution in [3.8, 4) is 12.3 Å². The average Bonchev–Trinajstić information content (AvgIpc) is 2.32. The van der Waals surface area contributed by atoms with E-state index in [1.165, 1.54) is 18.2 Å². The zero-order chi connectivity index (χ0) is 12.8. The summed E-state index contributed by atoms with van der Waals surface area (Å²) in [4.78, 5) is 10.2. The quantitative estimate of drug-likeness (QED) is 0.498. The number of terminal acetylenes is 1. The molecule has 0 aliphatic rings. The van der Waals surface area contributed by atoms with Crippen LogP contribution in [0.4, 0.5) is 5.69 Å². The Balaban J connectivity index is 2.80. The molecular weight excluding hydrogens is 240 g/mol. The normalized spacial score (nSPS) is 11.8. The van der Waals surface area contributed by atoms with Crippen LogP contribution in [0.15, 0.2) is 18.2 Å². The van der Waals surface area contributed by atoms with Crippen molar-refractivity contribution in [3.05, 3.63) is 38.9 Å². The summed E-state index contributed by atoms with van der Waals surface area (Å²) in [6.45, 7) is 2.38. The van der Waals surface area contributed by atoms with Gasteiger partial charge in [0.25, 0.3) is 5.69 Å². The van der Waals surface area contributed by atoms with Crippen LogP contribution >= 0.6 is 11.6 Å². The number of non-ortho nitro benzene ring substituents is 1. The lowest BCUT2D eigenvalue weighted by Gasteiger charge is -2.11. The molecular formula is C12H13ClN2O2. The summed E-state index contributed by atoms with van der Waals surface area (Å²) in [7, 11) is 0. The van der Waals surface area contributed by atoms with Gasteiger partial charge in [-0.05, 0) is 18.1 Å². The van der Waals surface area contributed by atoms with E-state index in [0.29, 0.717) is 17.1 Å². The molecule has 4 nitrogen and oxygen atoms in total. The number of nitro groups is 1. The van der Waals surface area contributed by atoms with E-state index >= 15 is 0 Å².